The van der Waals surface area contributed by atoms with Crippen molar-refractivity contribution < 1.29 is 52.8 Å². The van der Waals surface area contributed by atoms with Crippen LogP contribution in [0.5, 0.6) is 0 Å². The summed E-state index contributed by atoms with van der Waals surface area (Å²) < 4.78 is 40.2. The Kier molecular flexibility index (Phi) is 8.29. The molecule has 40 heavy (non-hydrogen) atoms. The van der Waals surface area contributed by atoms with Gasteiger partial charge < -0.3 is 43.8 Å². The predicted molar refractivity (Wildman–Crippen MR) is 137 cm³/mol. The molecular formula is C20H29ClN6O11P2. The first-order chi connectivity index (χ1) is 18.7. The van der Waals surface area contributed by atoms with E-state index in [9.17, 15) is 29.0 Å². The lowest BCUT2D eigenvalue weighted by molar-refractivity contribution is -0.0483. The highest BCUT2D eigenvalue weighted by atomic mass is 35.5. The van der Waals surface area contributed by atoms with E-state index >= 15 is 0 Å². The third-order valence-corrected chi connectivity index (χ3v) is 11.0. The number of hydrogen-bond donors (Lipinski definition) is 6. The van der Waals surface area contributed by atoms with E-state index in [0.717, 1.165) is 25.7 Å². The Hall–Kier alpha value is -1.75. The molecule has 3 aliphatic heterocycles. The molecule has 20 heteroatoms. The van der Waals surface area contributed by atoms with Crippen molar-refractivity contribution in [2.24, 2.45) is 0 Å². The molecule has 0 aliphatic carbocycles. The van der Waals surface area contributed by atoms with E-state index in [-0.39, 0.29) is 28.4 Å². The van der Waals surface area contributed by atoms with Gasteiger partial charge in [-0.15, -0.1) is 0 Å². The quantitative estimate of drug-likeness (QED) is 0.174. The van der Waals surface area contributed by atoms with Gasteiger partial charge in [0.05, 0.1) is 12.9 Å². The van der Waals surface area contributed by atoms with E-state index < -0.39 is 58.3 Å². The number of rotatable bonds is 8. The van der Waals surface area contributed by atoms with Crippen molar-refractivity contribution in [1.29, 1.82) is 0 Å². The molecule has 0 aromatic carbocycles. The number of halogens is 1. The van der Waals surface area contributed by atoms with Gasteiger partial charge in [0.15, 0.2) is 29.1 Å². The first-order valence-corrected chi connectivity index (χ1v) is 16.3. The second-order valence-corrected chi connectivity index (χ2v) is 14.5. The smallest absolute Gasteiger partial charge is 0.413 e. The van der Waals surface area contributed by atoms with Gasteiger partial charge in [0.2, 0.25) is 5.28 Å². The van der Waals surface area contributed by atoms with Crippen molar-refractivity contribution in [1.82, 2.24) is 24.4 Å². The largest absolute Gasteiger partial charge is 0.446 e. The van der Waals surface area contributed by atoms with Gasteiger partial charge in [0.25, 0.3) is 0 Å². The number of piperidine rings is 1. The molecule has 3 unspecified atom stereocenters. The van der Waals surface area contributed by atoms with Crippen LogP contribution in [0.1, 0.15) is 31.9 Å². The van der Waals surface area contributed by atoms with Gasteiger partial charge in [-0.05, 0) is 31.5 Å². The van der Waals surface area contributed by atoms with Crippen molar-refractivity contribution >= 4 is 49.9 Å². The number of anilines is 1. The Labute approximate surface area is 232 Å². The fraction of sp³-hybridized carbons (Fsp3) is 0.700. The van der Waals surface area contributed by atoms with E-state index in [2.05, 4.69) is 32.2 Å². The summed E-state index contributed by atoms with van der Waals surface area (Å²) in [6.45, 7) is -0.762. The second-order valence-electron chi connectivity index (χ2n) is 10.1. The zero-order valence-corrected chi connectivity index (χ0v) is 23.6. The Morgan fingerprint density at radius 3 is 2.50 bits per heavy atom. The number of aromatic nitrogens is 4. The summed E-state index contributed by atoms with van der Waals surface area (Å²) in [6.07, 6.45) is -2.11. The Balaban J connectivity index is 1.28. The molecule has 3 aliphatic rings. The molecule has 1 amide bonds. The average Bonchev–Trinajstić information content (AvgIpc) is 3.42. The van der Waals surface area contributed by atoms with Gasteiger partial charge in [-0.3, -0.25) is 19.0 Å². The molecule has 0 saturated carbocycles. The fourth-order valence-electron chi connectivity index (χ4n) is 5.46. The summed E-state index contributed by atoms with van der Waals surface area (Å²) in [6, 6.07) is 0.732. The number of aliphatic hydroxyl groups is 2. The summed E-state index contributed by atoms with van der Waals surface area (Å²) in [7, 11) is -7.51. The number of carbonyl (C=O) groups is 1. The maximum absolute atomic E-state index is 12.7. The van der Waals surface area contributed by atoms with Crippen LogP contribution in [0.15, 0.2) is 6.33 Å². The van der Waals surface area contributed by atoms with Crippen molar-refractivity contribution in [2.75, 3.05) is 24.9 Å². The summed E-state index contributed by atoms with van der Waals surface area (Å²) in [5, 5.41) is 23.3. The van der Waals surface area contributed by atoms with Crippen LogP contribution < -0.4 is 5.32 Å². The summed E-state index contributed by atoms with van der Waals surface area (Å²) in [5.41, 5.74) is 0.107. The molecule has 0 spiro atoms. The van der Waals surface area contributed by atoms with Crippen LogP contribution in [0.25, 0.3) is 11.2 Å². The lowest BCUT2D eigenvalue weighted by Crippen LogP contribution is -2.43. The highest BCUT2D eigenvalue weighted by molar-refractivity contribution is 7.70. The van der Waals surface area contributed by atoms with Crippen LogP contribution in [0, 0.1) is 0 Å². The zero-order chi connectivity index (χ0) is 29.0. The van der Waals surface area contributed by atoms with Gasteiger partial charge in [0.1, 0.15) is 24.4 Å². The van der Waals surface area contributed by atoms with Crippen LogP contribution in [-0.2, 0) is 23.1 Å². The second kappa shape index (κ2) is 11.2. The maximum atomic E-state index is 12.7. The number of nitrogens with one attached hydrogen (secondary N) is 1. The molecule has 3 saturated heterocycles. The number of fused-ring (bicyclic) bond motifs is 3. The molecule has 6 N–H and O–H groups in total. The van der Waals surface area contributed by atoms with Crippen LogP contribution in [0.3, 0.4) is 0 Å². The monoisotopic (exact) mass is 626 g/mol. The number of amides is 1. The molecule has 2 aromatic rings. The van der Waals surface area contributed by atoms with Crippen LogP contribution >= 0.6 is 26.8 Å². The van der Waals surface area contributed by atoms with Gasteiger partial charge in [-0.1, -0.05) is 0 Å². The predicted octanol–water partition coefficient (Wildman–Crippen LogP) is 0.610. The highest BCUT2D eigenvalue weighted by Crippen LogP contribution is 2.55. The third kappa shape index (κ3) is 6.35. The topological polar surface area (TPSA) is 239 Å². The minimum Gasteiger partial charge on any atom is -0.446 e. The minimum absolute atomic E-state index is 0.0276. The minimum atomic E-state index is -4.86. The van der Waals surface area contributed by atoms with E-state index in [4.69, 9.17) is 35.4 Å². The van der Waals surface area contributed by atoms with E-state index in [1.54, 1.807) is 0 Å². The standard InChI is InChI=1S/C20H29ClN6O11P2/c1-26-9-2-3-10(26)5-11(4-9)37-20(30)24-16-13-17(25-19(21)23-16)27(7-22-13)18-15(29)14(28)12(38-18)6-36-40(34,35)8-39(31,32)33/h7,9-12,14-15,18,28-29H,2-6,8H2,1H3,(H,34,35)(H2,31,32,33)(H,23,24,25,30)/t9-,10+,11?,12-,14+,15?,18-/m1/s1. The summed E-state index contributed by atoms with van der Waals surface area (Å²) in [5.74, 6) is -1.48. The molecule has 5 heterocycles. The first-order valence-electron chi connectivity index (χ1n) is 12.3. The van der Waals surface area contributed by atoms with Gasteiger partial charge in [-0.25, -0.2) is 9.78 Å². The molecule has 222 valence electrons. The average molecular weight is 627 g/mol. The molecule has 2 bridgehead atoms. The Morgan fingerprint density at radius 1 is 1.18 bits per heavy atom. The van der Waals surface area contributed by atoms with E-state index in [1.807, 2.05) is 0 Å². The molecule has 2 aromatic heterocycles. The van der Waals surface area contributed by atoms with Crippen molar-refractivity contribution in [3.8, 4) is 0 Å². The molecule has 5 rings (SSSR count). The Morgan fingerprint density at radius 2 is 1.85 bits per heavy atom. The van der Waals surface area contributed by atoms with Crippen molar-refractivity contribution in [3.05, 3.63) is 11.6 Å². The molecule has 17 nitrogen and oxygen atoms in total. The SMILES string of the molecule is CN1[C@@H]2CC[C@H]1CC(OC(=O)Nc1nc(Cl)nc3c1ncn3[C@@H]1O[C@H](COP(=O)(O)CP(=O)(O)O)[C@H](O)C1O)C2. The van der Waals surface area contributed by atoms with E-state index in [0.29, 0.717) is 12.1 Å². The molecule has 3 fully saturated rings. The van der Waals surface area contributed by atoms with Gasteiger partial charge in [-0.2, -0.15) is 9.97 Å². The number of aliphatic hydroxyl groups excluding tert-OH is 2. The third-order valence-electron chi connectivity index (χ3n) is 7.36. The number of nitrogens with zero attached hydrogens (tertiary/aromatic N) is 5. The first kappa shape index (κ1) is 29.7. The van der Waals surface area contributed by atoms with Crippen LogP contribution in [-0.4, -0.2) is 111 Å². The molecule has 8 atom stereocenters. The number of imidazole rings is 1. The lowest BCUT2D eigenvalue weighted by Gasteiger charge is -2.35. The van der Waals surface area contributed by atoms with Gasteiger partial charge >= 0.3 is 21.3 Å². The summed E-state index contributed by atoms with van der Waals surface area (Å²) >= 11 is 6.09. The van der Waals surface area contributed by atoms with Crippen LogP contribution in [0.4, 0.5) is 10.6 Å². The lowest BCUT2D eigenvalue weighted by atomic mass is 10.0. The zero-order valence-electron chi connectivity index (χ0n) is 21.1. The highest BCUT2D eigenvalue weighted by Gasteiger charge is 2.46. The fourth-order valence-corrected chi connectivity index (χ4v) is 8.19. The number of ether oxygens (including phenoxy) is 2. The van der Waals surface area contributed by atoms with Crippen LogP contribution in [0.2, 0.25) is 5.28 Å². The number of hydrogen-bond acceptors (Lipinski definition) is 12. The van der Waals surface area contributed by atoms with Gasteiger partial charge in [0, 0.05) is 24.9 Å². The van der Waals surface area contributed by atoms with Crippen molar-refractivity contribution in [3.63, 3.8) is 0 Å². The maximum Gasteiger partial charge on any atom is 0.413 e. The summed E-state index contributed by atoms with van der Waals surface area (Å²) in [4.78, 5) is 54.9. The van der Waals surface area contributed by atoms with Crippen molar-refractivity contribution in [2.45, 2.75) is 68.4 Å². The number of carbonyl (C=O) groups excluding carboxylic acids is 1. The molecule has 0 radical (unpaired) electrons. The van der Waals surface area contributed by atoms with E-state index in [1.165, 1.54) is 10.9 Å². The molecular weight excluding hydrogens is 598 g/mol. The Bertz CT molecular complexity index is 1360. The normalized spacial score (nSPS) is 32.3.